The van der Waals surface area contributed by atoms with Gasteiger partial charge in [0.2, 0.25) is 0 Å². The summed E-state index contributed by atoms with van der Waals surface area (Å²) in [6, 6.07) is 0. The van der Waals surface area contributed by atoms with Gasteiger partial charge in [-0.3, -0.25) is 0 Å². The third-order valence-corrected chi connectivity index (χ3v) is 2.49. The van der Waals surface area contributed by atoms with Gasteiger partial charge in [-0.2, -0.15) is 0 Å². The van der Waals surface area contributed by atoms with Crippen LogP contribution in [0.4, 0.5) is 0 Å². The first-order valence-corrected chi connectivity index (χ1v) is 5.57. The quantitative estimate of drug-likeness (QED) is 0.604. The number of rotatable bonds is 7. The minimum absolute atomic E-state index is 0.772. The van der Waals surface area contributed by atoms with Crippen molar-refractivity contribution >= 4 is 0 Å². The average molecular weight is 184 g/mol. The molecule has 0 aromatic carbocycles. The largest absolute Gasteiger partial charge is 0.315 e. The Labute approximate surface area is 82.7 Å². The predicted octanol–water partition coefficient (Wildman–Crippen LogP) is 1.57. The molecule has 1 N–H and O–H groups in total. The third-order valence-electron chi connectivity index (χ3n) is 2.49. The predicted molar refractivity (Wildman–Crippen MR) is 57.9 cm³/mol. The van der Waals surface area contributed by atoms with Crippen LogP contribution in [0.15, 0.2) is 0 Å². The van der Waals surface area contributed by atoms with E-state index < -0.39 is 0 Å². The summed E-state index contributed by atoms with van der Waals surface area (Å²) in [4.78, 5) is 2.45. The fraction of sp³-hybridized carbons (Fsp3) is 1.00. The molecule has 0 spiro atoms. The molecule has 0 bridgehead atoms. The molecule has 1 saturated carbocycles. The Hall–Kier alpha value is -0.0800. The summed E-state index contributed by atoms with van der Waals surface area (Å²) in [5.74, 6) is 1.80. The summed E-state index contributed by atoms with van der Waals surface area (Å²) in [6.45, 7) is 9.30. The fourth-order valence-corrected chi connectivity index (χ4v) is 1.49. The molecule has 2 heteroatoms. The van der Waals surface area contributed by atoms with Crippen LogP contribution in [0.1, 0.15) is 26.7 Å². The minimum Gasteiger partial charge on any atom is -0.315 e. The van der Waals surface area contributed by atoms with Crippen molar-refractivity contribution in [1.82, 2.24) is 10.2 Å². The lowest BCUT2D eigenvalue weighted by molar-refractivity contribution is 0.316. The lowest BCUT2D eigenvalue weighted by Gasteiger charge is -2.16. The van der Waals surface area contributed by atoms with Crippen LogP contribution in [0.25, 0.3) is 0 Å². The van der Waals surface area contributed by atoms with Gasteiger partial charge in [0.15, 0.2) is 0 Å². The zero-order chi connectivity index (χ0) is 9.68. The number of hydrogen-bond acceptors (Lipinski definition) is 2. The van der Waals surface area contributed by atoms with Crippen LogP contribution in [-0.2, 0) is 0 Å². The lowest BCUT2D eigenvalue weighted by atomic mass is 10.2. The smallest absolute Gasteiger partial charge is 0.0104 e. The molecule has 0 amide bonds. The van der Waals surface area contributed by atoms with E-state index in [1.54, 1.807) is 0 Å². The Balaban J connectivity index is 1.85. The highest BCUT2D eigenvalue weighted by Gasteiger charge is 2.22. The van der Waals surface area contributed by atoms with E-state index in [0.717, 1.165) is 24.9 Å². The summed E-state index contributed by atoms with van der Waals surface area (Å²) in [7, 11) is 2.23. The van der Waals surface area contributed by atoms with E-state index in [4.69, 9.17) is 0 Å². The highest BCUT2D eigenvalue weighted by molar-refractivity contribution is 4.76. The first-order chi connectivity index (χ1) is 6.18. The molecule has 78 valence electrons. The molecular weight excluding hydrogens is 160 g/mol. The second-order valence-corrected chi connectivity index (χ2v) is 4.80. The highest BCUT2D eigenvalue weighted by Crippen LogP contribution is 2.29. The second kappa shape index (κ2) is 5.61. The maximum absolute atomic E-state index is 3.47. The van der Waals surface area contributed by atoms with Gasteiger partial charge in [-0.15, -0.1) is 0 Å². The van der Waals surface area contributed by atoms with Crippen LogP contribution in [0.3, 0.4) is 0 Å². The first-order valence-electron chi connectivity index (χ1n) is 5.57. The van der Waals surface area contributed by atoms with E-state index in [9.17, 15) is 0 Å². The molecule has 2 nitrogen and oxygen atoms in total. The number of hydrogen-bond donors (Lipinski definition) is 1. The Kier molecular flexibility index (Phi) is 4.74. The van der Waals surface area contributed by atoms with Crippen LogP contribution < -0.4 is 5.32 Å². The molecular formula is C11H24N2. The van der Waals surface area contributed by atoms with Gasteiger partial charge in [-0.25, -0.2) is 0 Å². The van der Waals surface area contributed by atoms with Crippen LogP contribution >= 0.6 is 0 Å². The molecule has 0 heterocycles. The Morgan fingerprint density at radius 3 is 2.62 bits per heavy atom. The third kappa shape index (κ3) is 6.05. The molecule has 13 heavy (non-hydrogen) atoms. The Morgan fingerprint density at radius 1 is 1.38 bits per heavy atom. The Morgan fingerprint density at radius 2 is 2.08 bits per heavy atom. The minimum atomic E-state index is 0.772. The maximum atomic E-state index is 3.47. The number of nitrogens with one attached hydrogen (secondary N) is 1. The molecule has 0 atom stereocenters. The number of nitrogens with zero attached hydrogens (tertiary/aromatic N) is 1. The fourth-order valence-electron chi connectivity index (χ4n) is 1.49. The van der Waals surface area contributed by atoms with E-state index in [0.29, 0.717) is 0 Å². The zero-order valence-electron chi connectivity index (χ0n) is 9.34. The SMILES string of the molecule is CC(C)CNCCN(C)CC1CC1. The van der Waals surface area contributed by atoms with Crippen molar-refractivity contribution in [2.45, 2.75) is 26.7 Å². The van der Waals surface area contributed by atoms with Gasteiger partial charge in [0.05, 0.1) is 0 Å². The molecule has 0 unspecified atom stereocenters. The topological polar surface area (TPSA) is 15.3 Å². The monoisotopic (exact) mass is 184 g/mol. The standard InChI is InChI=1S/C11H24N2/c1-10(2)8-12-6-7-13(3)9-11-4-5-11/h10-12H,4-9H2,1-3H3. The molecule has 0 saturated heterocycles. The van der Waals surface area contributed by atoms with Crippen molar-refractivity contribution in [3.05, 3.63) is 0 Å². The normalized spacial score (nSPS) is 17.3. The molecule has 0 aromatic heterocycles. The number of likely N-dealkylation sites (N-methyl/N-ethyl adjacent to an activating group) is 1. The maximum Gasteiger partial charge on any atom is 0.0104 e. The highest BCUT2D eigenvalue weighted by atomic mass is 15.1. The van der Waals surface area contributed by atoms with Crippen molar-refractivity contribution in [2.75, 3.05) is 33.2 Å². The van der Waals surface area contributed by atoms with Gasteiger partial charge in [0, 0.05) is 19.6 Å². The van der Waals surface area contributed by atoms with E-state index in [-0.39, 0.29) is 0 Å². The summed E-state index contributed by atoms with van der Waals surface area (Å²) in [5.41, 5.74) is 0. The Bertz CT molecular complexity index is 130. The molecule has 1 aliphatic rings. The van der Waals surface area contributed by atoms with Crippen molar-refractivity contribution in [2.24, 2.45) is 11.8 Å². The lowest BCUT2D eigenvalue weighted by Crippen LogP contribution is -2.32. The molecule has 1 aliphatic carbocycles. The molecule has 1 rings (SSSR count). The van der Waals surface area contributed by atoms with Gasteiger partial charge in [-0.1, -0.05) is 13.8 Å². The van der Waals surface area contributed by atoms with E-state index in [2.05, 4.69) is 31.1 Å². The molecule has 0 radical (unpaired) electrons. The average Bonchev–Trinajstić information content (AvgIpc) is 2.81. The van der Waals surface area contributed by atoms with Crippen molar-refractivity contribution < 1.29 is 0 Å². The first kappa shape index (κ1) is 11.0. The molecule has 0 aliphatic heterocycles. The van der Waals surface area contributed by atoms with Gasteiger partial charge >= 0.3 is 0 Å². The van der Waals surface area contributed by atoms with Crippen molar-refractivity contribution in [3.8, 4) is 0 Å². The van der Waals surface area contributed by atoms with Crippen molar-refractivity contribution in [1.29, 1.82) is 0 Å². The van der Waals surface area contributed by atoms with Gasteiger partial charge in [0.1, 0.15) is 0 Å². The summed E-state index contributed by atoms with van der Waals surface area (Å²) in [5, 5.41) is 3.47. The summed E-state index contributed by atoms with van der Waals surface area (Å²) in [6.07, 6.45) is 2.92. The summed E-state index contributed by atoms with van der Waals surface area (Å²) < 4.78 is 0. The van der Waals surface area contributed by atoms with Gasteiger partial charge in [0.25, 0.3) is 0 Å². The van der Waals surface area contributed by atoms with Gasteiger partial charge in [-0.05, 0) is 38.3 Å². The molecule has 1 fully saturated rings. The van der Waals surface area contributed by atoms with E-state index in [1.807, 2.05) is 0 Å². The summed E-state index contributed by atoms with van der Waals surface area (Å²) >= 11 is 0. The molecule has 0 aromatic rings. The van der Waals surface area contributed by atoms with Crippen molar-refractivity contribution in [3.63, 3.8) is 0 Å². The van der Waals surface area contributed by atoms with Crippen LogP contribution in [0, 0.1) is 11.8 Å². The zero-order valence-corrected chi connectivity index (χ0v) is 9.34. The van der Waals surface area contributed by atoms with E-state index in [1.165, 1.54) is 25.9 Å². The van der Waals surface area contributed by atoms with Gasteiger partial charge < -0.3 is 10.2 Å². The van der Waals surface area contributed by atoms with Crippen LogP contribution in [0.2, 0.25) is 0 Å². The van der Waals surface area contributed by atoms with Crippen LogP contribution in [0.5, 0.6) is 0 Å². The second-order valence-electron chi connectivity index (χ2n) is 4.80. The van der Waals surface area contributed by atoms with E-state index >= 15 is 0 Å². The van der Waals surface area contributed by atoms with Crippen LogP contribution in [-0.4, -0.2) is 38.1 Å².